The van der Waals surface area contributed by atoms with Crippen LogP contribution in [0.3, 0.4) is 0 Å². The van der Waals surface area contributed by atoms with Gasteiger partial charge in [-0.3, -0.25) is 0 Å². The van der Waals surface area contributed by atoms with Crippen molar-refractivity contribution in [2.45, 2.75) is 19.9 Å². The first-order valence-corrected chi connectivity index (χ1v) is 5.94. The Kier molecular flexibility index (Phi) is 3.01. The van der Waals surface area contributed by atoms with Crippen LogP contribution in [0.5, 0.6) is 0 Å². The Hall–Kier alpha value is -1.29. The third-order valence-corrected chi connectivity index (χ3v) is 3.13. The minimum Gasteiger partial charge on any atom is -0.384 e. The van der Waals surface area contributed by atoms with Gasteiger partial charge >= 0.3 is 0 Å². The molecule has 1 unspecified atom stereocenters. The third kappa shape index (κ3) is 2.11. The first kappa shape index (κ1) is 11.2. The summed E-state index contributed by atoms with van der Waals surface area (Å²) >= 11 is 3.42. The second-order valence-electron chi connectivity index (χ2n) is 3.88. The molecule has 0 saturated heterocycles. The lowest BCUT2D eigenvalue weighted by molar-refractivity contribution is 0.569. The fraction of sp³-hybridized carbons (Fsp3) is 0.250. The van der Waals surface area contributed by atoms with E-state index in [4.69, 9.17) is 5.73 Å². The summed E-state index contributed by atoms with van der Waals surface area (Å²) in [5.41, 5.74) is 8.04. The number of nitrogens with zero attached hydrogens (tertiary/aromatic N) is 2. The standard InChI is InChI=1S/C12H14BrN3/c1-8-7-12(14)16(15-8)9(2)10-3-5-11(13)6-4-10/h3-7,9H,14H2,1-2H3. The molecule has 0 aliphatic heterocycles. The van der Waals surface area contributed by atoms with Crippen molar-refractivity contribution in [1.82, 2.24) is 9.78 Å². The highest BCUT2D eigenvalue weighted by molar-refractivity contribution is 9.10. The maximum Gasteiger partial charge on any atom is 0.122 e. The normalized spacial score (nSPS) is 12.7. The van der Waals surface area contributed by atoms with E-state index < -0.39 is 0 Å². The summed E-state index contributed by atoms with van der Waals surface area (Å²) in [5.74, 6) is 0.702. The monoisotopic (exact) mass is 279 g/mol. The van der Waals surface area contributed by atoms with Gasteiger partial charge in [0.2, 0.25) is 0 Å². The highest BCUT2D eigenvalue weighted by Crippen LogP contribution is 2.22. The molecular weight excluding hydrogens is 266 g/mol. The lowest BCUT2D eigenvalue weighted by Gasteiger charge is -2.14. The SMILES string of the molecule is Cc1cc(N)n(C(C)c2ccc(Br)cc2)n1. The van der Waals surface area contributed by atoms with E-state index in [2.05, 4.69) is 40.1 Å². The van der Waals surface area contributed by atoms with Crippen molar-refractivity contribution >= 4 is 21.7 Å². The van der Waals surface area contributed by atoms with Crippen molar-refractivity contribution in [2.75, 3.05) is 5.73 Å². The van der Waals surface area contributed by atoms with Crippen LogP contribution in [0, 0.1) is 6.92 Å². The quantitative estimate of drug-likeness (QED) is 0.918. The summed E-state index contributed by atoms with van der Waals surface area (Å²) in [6.07, 6.45) is 0. The third-order valence-electron chi connectivity index (χ3n) is 2.61. The maximum absolute atomic E-state index is 5.90. The molecule has 16 heavy (non-hydrogen) atoms. The fourth-order valence-corrected chi connectivity index (χ4v) is 1.99. The van der Waals surface area contributed by atoms with Gasteiger partial charge in [0.15, 0.2) is 0 Å². The second kappa shape index (κ2) is 4.29. The van der Waals surface area contributed by atoms with E-state index in [1.54, 1.807) is 0 Å². The van der Waals surface area contributed by atoms with E-state index >= 15 is 0 Å². The molecular formula is C12H14BrN3. The van der Waals surface area contributed by atoms with Gasteiger partial charge in [0.25, 0.3) is 0 Å². The molecule has 2 rings (SSSR count). The average molecular weight is 280 g/mol. The molecule has 0 radical (unpaired) electrons. The van der Waals surface area contributed by atoms with Gasteiger partial charge in [0.05, 0.1) is 11.7 Å². The summed E-state index contributed by atoms with van der Waals surface area (Å²) in [6, 6.07) is 10.2. The zero-order valence-corrected chi connectivity index (χ0v) is 10.9. The van der Waals surface area contributed by atoms with Crippen LogP contribution in [-0.2, 0) is 0 Å². The van der Waals surface area contributed by atoms with E-state index in [-0.39, 0.29) is 6.04 Å². The molecule has 1 heterocycles. The van der Waals surface area contributed by atoms with Gasteiger partial charge in [-0.2, -0.15) is 5.10 Å². The maximum atomic E-state index is 5.90. The number of rotatable bonds is 2. The molecule has 1 atom stereocenters. The van der Waals surface area contributed by atoms with E-state index in [0.717, 1.165) is 10.2 Å². The summed E-state index contributed by atoms with van der Waals surface area (Å²) in [7, 11) is 0. The number of anilines is 1. The molecule has 1 aromatic heterocycles. The van der Waals surface area contributed by atoms with Crippen molar-refractivity contribution in [3.05, 3.63) is 46.1 Å². The van der Waals surface area contributed by atoms with Gasteiger partial charge in [0, 0.05) is 10.5 Å². The molecule has 0 amide bonds. The number of aryl methyl sites for hydroxylation is 1. The highest BCUT2D eigenvalue weighted by atomic mass is 79.9. The van der Waals surface area contributed by atoms with Crippen LogP contribution in [0.1, 0.15) is 24.2 Å². The van der Waals surface area contributed by atoms with Gasteiger partial charge < -0.3 is 5.73 Å². The van der Waals surface area contributed by atoms with Crippen molar-refractivity contribution in [3.63, 3.8) is 0 Å². The van der Waals surface area contributed by atoms with Gasteiger partial charge in [-0.25, -0.2) is 4.68 Å². The molecule has 0 bridgehead atoms. The predicted octanol–water partition coefficient (Wildman–Crippen LogP) is 3.15. The van der Waals surface area contributed by atoms with Crippen LogP contribution >= 0.6 is 15.9 Å². The van der Waals surface area contributed by atoms with Crippen LogP contribution < -0.4 is 5.73 Å². The molecule has 2 aromatic rings. The molecule has 0 spiro atoms. The van der Waals surface area contributed by atoms with Crippen molar-refractivity contribution < 1.29 is 0 Å². The molecule has 1 aromatic carbocycles. The Labute approximate surface area is 103 Å². The van der Waals surface area contributed by atoms with Crippen LogP contribution in [0.15, 0.2) is 34.8 Å². The molecule has 4 heteroatoms. The van der Waals surface area contributed by atoms with E-state index in [0.29, 0.717) is 5.82 Å². The van der Waals surface area contributed by atoms with Crippen LogP contribution in [-0.4, -0.2) is 9.78 Å². The number of aromatic nitrogens is 2. The first-order chi connectivity index (χ1) is 7.58. The smallest absolute Gasteiger partial charge is 0.122 e. The van der Waals surface area contributed by atoms with Gasteiger partial charge in [-0.05, 0) is 31.5 Å². The van der Waals surface area contributed by atoms with Crippen LogP contribution in [0.25, 0.3) is 0 Å². The van der Waals surface area contributed by atoms with Crippen LogP contribution in [0.2, 0.25) is 0 Å². The number of hydrogen-bond acceptors (Lipinski definition) is 2. The molecule has 2 N–H and O–H groups in total. The van der Waals surface area contributed by atoms with E-state index in [1.165, 1.54) is 5.56 Å². The lowest BCUT2D eigenvalue weighted by atomic mass is 10.1. The van der Waals surface area contributed by atoms with Crippen molar-refractivity contribution in [1.29, 1.82) is 0 Å². The highest BCUT2D eigenvalue weighted by Gasteiger charge is 2.11. The summed E-state index contributed by atoms with van der Waals surface area (Å²) in [5, 5.41) is 4.39. The minimum atomic E-state index is 0.154. The molecule has 0 fully saturated rings. The zero-order chi connectivity index (χ0) is 11.7. The summed E-state index contributed by atoms with van der Waals surface area (Å²) in [6.45, 7) is 4.03. The Balaban J connectivity index is 2.35. The predicted molar refractivity (Wildman–Crippen MR) is 69.3 cm³/mol. The van der Waals surface area contributed by atoms with Crippen molar-refractivity contribution in [3.8, 4) is 0 Å². The van der Waals surface area contributed by atoms with Gasteiger partial charge in [0.1, 0.15) is 5.82 Å². The number of halogens is 1. The molecule has 84 valence electrons. The average Bonchev–Trinajstić information content (AvgIpc) is 2.58. The summed E-state index contributed by atoms with van der Waals surface area (Å²) in [4.78, 5) is 0. The number of hydrogen-bond donors (Lipinski definition) is 1. The lowest BCUT2D eigenvalue weighted by Crippen LogP contribution is -2.11. The van der Waals surface area contributed by atoms with Gasteiger partial charge in [-0.15, -0.1) is 0 Å². The Morgan fingerprint density at radius 2 is 1.94 bits per heavy atom. The number of benzene rings is 1. The molecule has 0 aliphatic carbocycles. The molecule has 0 aliphatic rings. The second-order valence-corrected chi connectivity index (χ2v) is 4.80. The topological polar surface area (TPSA) is 43.8 Å². The zero-order valence-electron chi connectivity index (χ0n) is 9.31. The molecule has 0 saturated carbocycles. The van der Waals surface area contributed by atoms with Gasteiger partial charge in [-0.1, -0.05) is 28.1 Å². The number of nitrogen functional groups attached to an aromatic ring is 1. The van der Waals surface area contributed by atoms with Crippen molar-refractivity contribution in [2.24, 2.45) is 0 Å². The van der Waals surface area contributed by atoms with E-state index in [1.807, 2.05) is 29.8 Å². The Morgan fingerprint density at radius 3 is 2.44 bits per heavy atom. The Morgan fingerprint density at radius 1 is 1.31 bits per heavy atom. The summed E-state index contributed by atoms with van der Waals surface area (Å²) < 4.78 is 2.92. The van der Waals surface area contributed by atoms with Crippen LogP contribution in [0.4, 0.5) is 5.82 Å². The number of nitrogens with two attached hydrogens (primary N) is 1. The largest absolute Gasteiger partial charge is 0.384 e. The minimum absolute atomic E-state index is 0.154. The fourth-order valence-electron chi connectivity index (χ4n) is 1.73. The first-order valence-electron chi connectivity index (χ1n) is 5.15. The molecule has 3 nitrogen and oxygen atoms in total. The Bertz CT molecular complexity index is 487. The van der Waals surface area contributed by atoms with E-state index in [9.17, 15) is 0 Å².